The first-order chi connectivity index (χ1) is 15.2. The number of urea groups is 1. The van der Waals surface area contributed by atoms with Crippen LogP contribution in [-0.2, 0) is 16.6 Å². The molecule has 1 heterocycles. The summed E-state index contributed by atoms with van der Waals surface area (Å²) in [4.78, 5) is 14.3. The Balaban J connectivity index is 1.57. The molecule has 174 valence electrons. The molecule has 0 bridgehead atoms. The molecule has 0 spiro atoms. The third-order valence-electron chi connectivity index (χ3n) is 5.60. The predicted molar refractivity (Wildman–Crippen MR) is 121 cm³/mol. The second kappa shape index (κ2) is 10.4. The van der Waals surface area contributed by atoms with Gasteiger partial charge in [-0.2, -0.15) is 0 Å². The highest BCUT2D eigenvalue weighted by atomic mass is 32.2. The molecule has 7 nitrogen and oxygen atoms in total. The molecular formula is C22H28F2N4O3S. The summed E-state index contributed by atoms with van der Waals surface area (Å²) in [6.45, 7) is 3.51. The number of benzene rings is 2. The second-order valence-corrected chi connectivity index (χ2v) is 10.2. The molecular weight excluding hydrogens is 438 g/mol. The van der Waals surface area contributed by atoms with Crippen LogP contribution in [0.5, 0.6) is 0 Å². The first-order valence-corrected chi connectivity index (χ1v) is 12.1. The first kappa shape index (κ1) is 24.1. The van der Waals surface area contributed by atoms with Crippen LogP contribution in [0.4, 0.5) is 25.0 Å². The molecule has 1 saturated heterocycles. The normalized spacial score (nSPS) is 15.7. The maximum Gasteiger partial charge on any atom is 0.323 e. The van der Waals surface area contributed by atoms with Gasteiger partial charge in [0.15, 0.2) is 0 Å². The number of nitrogens with one attached hydrogen (secondary N) is 2. The van der Waals surface area contributed by atoms with Gasteiger partial charge in [0.25, 0.3) is 0 Å². The largest absolute Gasteiger partial charge is 0.323 e. The third kappa shape index (κ3) is 6.47. The molecule has 0 atom stereocenters. The van der Waals surface area contributed by atoms with Crippen LogP contribution >= 0.6 is 0 Å². The summed E-state index contributed by atoms with van der Waals surface area (Å²) in [5.74, 6) is -0.797. The zero-order valence-electron chi connectivity index (χ0n) is 18.1. The van der Waals surface area contributed by atoms with Gasteiger partial charge in [-0.05, 0) is 67.8 Å². The highest BCUT2D eigenvalue weighted by Gasteiger charge is 2.28. The fourth-order valence-electron chi connectivity index (χ4n) is 3.77. The lowest BCUT2D eigenvalue weighted by atomic mass is 10.0. The van der Waals surface area contributed by atoms with E-state index in [-0.39, 0.29) is 11.8 Å². The fraction of sp³-hybridized carbons (Fsp3) is 0.409. The van der Waals surface area contributed by atoms with Crippen LogP contribution < -0.4 is 10.6 Å². The Morgan fingerprint density at radius 2 is 1.66 bits per heavy atom. The Bertz CT molecular complexity index is 1040. The Labute approximate surface area is 187 Å². The van der Waals surface area contributed by atoms with Crippen LogP contribution in [-0.4, -0.2) is 55.6 Å². The summed E-state index contributed by atoms with van der Waals surface area (Å²) < 4.78 is 52.7. The number of carbonyl (C=O) groups is 1. The van der Waals surface area contributed by atoms with Crippen molar-refractivity contribution in [1.82, 2.24) is 9.21 Å². The summed E-state index contributed by atoms with van der Waals surface area (Å²) in [5.41, 5.74) is 1.43. The van der Waals surface area contributed by atoms with E-state index in [1.807, 2.05) is 0 Å². The lowest BCUT2D eigenvalue weighted by Crippen LogP contribution is -2.45. The average molecular weight is 467 g/mol. The molecule has 2 N–H and O–H groups in total. The van der Waals surface area contributed by atoms with Gasteiger partial charge in [0.2, 0.25) is 10.0 Å². The highest BCUT2D eigenvalue weighted by Crippen LogP contribution is 2.22. The average Bonchev–Trinajstić information content (AvgIpc) is 2.75. The van der Waals surface area contributed by atoms with Crippen molar-refractivity contribution in [3.8, 4) is 0 Å². The van der Waals surface area contributed by atoms with E-state index in [1.165, 1.54) is 40.7 Å². The zero-order valence-corrected chi connectivity index (χ0v) is 19.0. The quantitative estimate of drug-likeness (QED) is 0.649. The molecule has 0 radical (unpaired) electrons. The number of carbonyl (C=O) groups excluding carboxylic acids is 1. The lowest BCUT2D eigenvalue weighted by molar-refractivity contribution is 0.164. The number of amides is 2. The molecule has 0 aromatic heterocycles. The number of halogens is 2. The van der Waals surface area contributed by atoms with Gasteiger partial charge in [0, 0.05) is 44.1 Å². The van der Waals surface area contributed by atoms with E-state index >= 15 is 0 Å². The van der Waals surface area contributed by atoms with Gasteiger partial charge in [-0.3, -0.25) is 4.90 Å². The molecule has 2 amide bonds. The van der Waals surface area contributed by atoms with E-state index in [4.69, 9.17) is 0 Å². The minimum absolute atomic E-state index is 0.0314. The maximum absolute atomic E-state index is 14.1. The SMILES string of the molecule is CCS(=O)(=O)N(C)C1CCN(Cc2cc(F)cc(NC(=O)Nc3ccc(F)cc3)c2)CC1. The van der Waals surface area contributed by atoms with E-state index in [0.29, 0.717) is 49.4 Å². The van der Waals surface area contributed by atoms with Gasteiger partial charge in [-0.1, -0.05) is 0 Å². The summed E-state index contributed by atoms with van der Waals surface area (Å²) in [6.07, 6.45) is 1.41. The Morgan fingerprint density at radius 1 is 1.03 bits per heavy atom. The molecule has 2 aromatic carbocycles. The Hall–Kier alpha value is -2.56. The second-order valence-electron chi connectivity index (χ2n) is 7.86. The predicted octanol–water partition coefficient (Wildman–Crippen LogP) is 3.85. The number of rotatable bonds is 7. The molecule has 1 aliphatic rings. The monoisotopic (exact) mass is 466 g/mol. The summed E-state index contributed by atoms with van der Waals surface area (Å²) in [5, 5.41) is 5.16. The minimum atomic E-state index is -3.22. The lowest BCUT2D eigenvalue weighted by Gasteiger charge is -2.36. The molecule has 0 unspecified atom stereocenters. The van der Waals surface area contributed by atoms with Crippen molar-refractivity contribution in [1.29, 1.82) is 0 Å². The Kier molecular flexibility index (Phi) is 7.81. The van der Waals surface area contributed by atoms with Crippen molar-refractivity contribution >= 4 is 27.4 Å². The van der Waals surface area contributed by atoms with Crippen LogP contribution in [0.15, 0.2) is 42.5 Å². The third-order valence-corrected chi connectivity index (χ3v) is 7.50. The standard InChI is InChI=1S/C22H28F2N4O3S/c1-3-32(30,31)27(2)21-8-10-28(11-9-21)15-16-12-18(24)14-20(13-16)26-22(29)25-19-6-4-17(23)5-7-19/h4-7,12-14,21H,3,8-11,15H2,1-2H3,(H2,25,26,29). The maximum atomic E-state index is 14.1. The molecule has 2 aromatic rings. The van der Waals surface area contributed by atoms with Gasteiger partial charge in [-0.15, -0.1) is 0 Å². The van der Waals surface area contributed by atoms with Crippen LogP contribution in [0, 0.1) is 11.6 Å². The summed E-state index contributed by atoms with van der Waals surface area (Å²) in [6, 6.07) is 9.08. The minimum Gasteiger partial charge on any atom is -0.308 e. The van der Waals surface area contributed by atoms with Gasteiger partial charge < -0.3 is 10.6 Å². The molecule has 10 heteroatoms. The first-order valence-electron chi connectivity index (χ1n) is 10.5. The molecule has 0 aliphatic carbocycles. The van der Waals surface area contributed by atoms with Crippen molar-refractivity contribution in [2.45, 2.75) is 32.4 Å². The fourth-order valence-corrected chi connectivity index (χ4v) is 4.84. The van der Waals surface area contributed by atoms with E-state index in [2.05, 4.69) is 15.5 Å². The number of sulfonamides is 1. The van der Waals surface area contributed by atoms with Gasteiger partial charge in [-0.25, -0.2) is 26.3 Å². The topological polar surface area (TPSA) is 81.8 Å². The zero-order chi connectivity index (χ0) is 23.3. The van der Waals surface area contributed by atoms with Gasteiger partial charge in [0.1, 0.15) is 11.6 Å². The molecule has 1 aliphatic heterocycles. The van der Waals surface area contributed by atoms with E-state index < -0.39 is 27.7 Å². The van der Waals surface area contributed by atoms with Crippen molar-refractivity contribution < 1.29 is 22.0 Å². The smallest absolute Gasteiger partial charge is 0.308 e. The van der Waals surface area contributed by atoms with Gasteiger partial charge >= 0.3 is 6.03 Å². The number of nitrogens with zero attached hydrogens (tertiary/aromatic N) is 2. The number of anilines is 2. The molecule has 32 heavy (non-hydrogen) atoms. The summed E-state index contributed by atoms with van der Waals surface area (Å²) in [7, 11) is -1.60. The Morgan fingerprint density at radius 3 is 2.28 bits per heavy atom. The number of hydrogen-bond donors (Lipinski definition) is 2. The van der Waals surface area contributed by atoms with Crippen molar-refractivity contribution in [3.63, 3.8) is 0 Å². The van der Waals surface area contributed by atoms with Crippen LogP contribution in [0.1, 0.15) is 25.3 Å². The number of likely N-dealkylation sites (tertiary alicyclic amines) is 1. The summed E-state index contributed by atoms with van der Waals surface area (Å²) >= 11 is 0. The highest BCUT2D eigenvalue weighted by molar-refractivity contribution is 7.89. The van der Waals surface area contributed by atoms with Crippen LogP contribution in [0.2, 0.25) is 0 Å². The van der Waals surface area contributed by atoms with Crippen LogP contribution in [0.25, 0.3) is 0 Å². The van der Waals surface area contributed by atoms with Crippen molar-refractivity contribution in [2.24, 2.45) is 0 Å². The van der Waals surface area contributed by atoms with Crippen molar-refractivity contribution in [2.75, 3.05) is 36.5 Å². The molecule has 3 rings (SSSR count). The van der Waals surface area contributed by atoms with E-state index in [1.54, 1.807) is 20.0 Å². The van der Waals surface area contributed by atoms with Crippen molar-refractivity contribution in [3.05, 3.63) is 59.7 Å². The molecule has 0 saturated carbocycles. The number of piperidine rings is 1. The number of hydrogen-bond acceptors (Lipinski definition) is 4. The van der Waals surface area contributed by atoms with Gasteiger partial charge in [0.05, 0.1) is 5.75 Å². The van der Waals surface area contributed by atoms with Crippen LogP contribution in [0.3, 0.4) is 0 Å². The van der Waals surface area contributed by atoms with E-state index in [0.717, 1.165) is 0 Å². The van der Waals surface area contributed by atoms with E-state index in [9.17, 15) is 22.0 Å². The molecule has 1 fully saturated rings.